The van der Waals surface area contributed by atoms with Crippen LogP contribution in [-0.4, -0.2) is 55.0 Å². The first-order valence-corrected chi connectivity index (χ1v) is 6.52. The lowest BCUT2D eigenvalue weighted by atomic mass is 9.95. The molecular weight excluding hydrogens is 202 g/mol. The molecule has 4 nitrogen and oxygen atoms in total. The summed E-state index contributed by atoms with van der Waals surface area (Å²) in [5, 5.41) is 0. The smallest absolute Gasteiger partial charge is 0.225 e. The average molecular weight is 225 g/mol. The Morgan fingerprint density at radius 2 is 1.75 bits per heavy atom. The highest BCUT2D eigenvalue weighted by Gasteiger charge is 2.29. The number of rotatable bonds is 3. The third kappa shape index (κ3) is 2.74. The van der Waals surface area contributed by atoms with Gasteiger partial charge < -0.3 is 15.5 Å². The van der Waals surface area contributed by atoms with Gasteiger partial charge in [0, 0.05) is 32.1 Å². The Bertz CT molecular complexity index is 230. The standard InChI is InChI=1S/C12H23N3O/c13-5-10-14-8-3-11(4-9-14)12(16)15-6-1-2-7-15/h11H,1-10,13H2. The SMILES string of the molecule is NCCN1CCC(C(=O)N2CCCC2)CC1. The van der Waals surface area contributed by atoms with Gasteiger partial charge in [-0.25, -0.2) is 0 Å². The Morgan fingerprint density at radius 1 is 1.12 bits per heavy atom. The fourth-order valence-electron chi connectivity index (χ4n) is 2.78. The Kier molecular flexibility index (Phi) is 4.18. The average Bonchev–Trinajstić information content (AvgIpc) is 2.83. The summed E-state index contributed by atoms with van der Waals surface area (Å²) in [5.41, 5.74) is 5.54. The van der Waals surface area contributed by atoms with Crippen molar-refractivity contribution in [3.05, 3.63) is 0 Å². The van der Waals surface area contributed by atoms with Crippen LogP contribution in [0.2, 0.25) is 0 Å². The van der Waals surface area contributed by atoms with Gasteiger partial charge in [-0.3, -0.25) is 4.79 Å². The number of nitrogens with zero attached hydrogens (tertiary/aromatic N) is 2. The zero-order chi connectivity index (χ0) is 11.4. The quantitative estimate of drug-likeness (QED) is 0.750. The van der Waals surface area contributed by atoms with Crippen LogP contribution in [0.4, 0.5) is 0 Å². The predicted molar refractivity (Wildman–Crippen MR) is 64.0 cm³/mol. The van der Waals surface area contributed by atoms with Crippen LogP contribution in [0.5, 0.6) is 0 Å². The molecule has 0 bridgehead atoms. The van der Waals surface area contributed by atoms with Crippen molar-refractivity contribution in [2.24, 2.45) is 11.7 Å². The van der Waals surface area contributed by atoms with Crippen LogP contribution in [-0.2, 0) is 4.79 Å². The third-order valence-corrected chi connectivity index (χ3v) is 3.80. The van der Waals surface area contributed by atoms with Crippen LogP contribution in [0, 0.1) is 5.92 Å². The van der Waals surface area contributed by atoms with Gasteiger partial charge in [0.1, 0.15) is 0 Å². The molecule has 1 amide bonds. The first kappa shape index (κ1) is 11.9. The lowest BCUT2D eigenvalue weighted by Gasteiger charge is -2.32. The molecule has 0 aromatic carbocycles. The van der Waals surface area contributed by atoms with Gasteiger partial charge in [0.05, 0.1) is 0 Å². The molecule has 92 valence electrons. The molecule has 16 heavy (non-hydrogen) atoms. The number of amides is 1. The summed E-state index contributed by atoms with van der Waals surface area (Å²) in [7, 11) is 0. The molecular formula is C12H23N3O. The van der Waals surface area contributed by atoms with Gasteiger partial charge in [0.2, 0.25) is 5.91 Å². The number of likely N-dealkylation sites (tertiary alicyclic amines) is 2. The van der Waals surface area contributed by atoms with E-state index in [1.54, 1.807) is 0 Å². The normalized spacial score (nSPS) is 23.9. The lowest BCUT2D eigenvalue weighted by Crippen LogP contribution is -2.42. The molecule has 0 spiro atoms. The summed E-state index contributed by atoms with van der Waals surface area (Å²) in [4.78, 5) is 16.6. The summed E-state index contributed by atoms with van der Waals surface area (Å²) in [6.45, 7) is 5.77. The molecule has 0 aromatic heterocycles. The second kappa shape index (κ2) is 5.64. The van der Waals surface area contributed by atoms with Gasteiger partial charge in [0.25, 0.3) is 0 Å². The summed E-state index contributed by atoms with van der Waals surface area (Å²) in [6.07, 6.45) is 4.43. The van der Waals surface area contributed by atoms with Crippen molar-refractivity contribution in [3.63, 3.8) is 0 Å². The molecule has 2 aliphatic heterocycles. The van der Waals surface area contributed by atoms with Crippen molar-refractivity contribution < 1.29 is 4.79 Å². The highest BCUT2D eigenvalue weighted by atomic mass is 16.2. The lowest BCUT2D eigenvalue weighted by molar-refractivity contribution is -0.135. The highest BCUT2D eigenvalue weighted by molar-refractivity contribution is 5.79. The number of hydrogen-bond acceptors (Lipinski definition) is 3. The van der Waals surface area contributed by atoms with Gasteiger partial charge >= 0.3 is 0 Å². The minimum absolute atomic E-state index is 0.284. The van der Waals surface area contributed by atoms with Gasteiger partial charge in [-0.05, 0) is 38.8 Å². The maximum absolute atomic E-state index is 12.1. The minimum Gasteiger partial charge on any atom is -0.342 e. The topological polar surface area (TPSA) is 49.6 Å². The second-order valence-corrected chi connectivity index (χ2v) is 4.94. The van der Waals surface area contributed by atoms with E-state index in [9.17, 15) is 4.79 Å². The van der Waals surface area contributed by atoms with E-state index >= 15 is 0 Å². The number of carbonyl (C=O) groups excluding carboxylic acids is 1. The minimum atomic E-state index is 0.284. The number of carbonyl (C=O) groups is 1. The van der Waals surface area contributed by atoms with Crippen molar-refractivity contribution in [1.82, 2.24) is 9.80 Å². The maximum Gasteiger partial charge on any atom is 0.225 e. The summed E-state index contributed by atoms with van der Waals surface area (Å²) in [6, 6.07) is 0. The van der Waals surface area contributed by atoms with Gasteiger partial charge in [0.15, 0.2) is 0 Å². The Morgan fingerprint density at radius 3 is 2.31 bits per heavy atom. The van der Waals surface area contributed by atoms with Crippen LogP contribution in [0.25, 0.3) is 0 Å². The van der Waals surface area contributed by atoms with E-state index in [1.165, 1.54) is 12.8 Å². The largest absolute Gasteiger partial charge is 0.342 e. The van der Waals surface area contributed by atoms with E-state index in [4.69, 9.17) is 5.73 Å². The third-order valence-electron chi connectivity index (χ3n) is 3.80. The number of piperidine rings is 1. The fraction of sp³-hybridized carbons (Fsp3) is 0.917. The number of hydrogen-bond donors (Lipinski definition) is 1. The Balaban J connectivity index is 1.77. The molecule has 2 N–H and O–H groups in total. The molecule has 2 aliphatic rings. The fourth-order valence-corrected chi connectivity index (χ4v) is 2.78. The molecule has 0 aromatic rings. The molecule has 2 rings (SSSR count). The van der Waals surface area contributed by atoms with Crippen LogP contribution < -0.4 is 5.73 Å². The van der Waals surface area contributed by atoms with E-state index in [0.29, 0.717) is 5.91 Å². The first-order chi connectivity index (χ1) is 7.81. The predicted octanol–water partition coefficient (Wildman–Crippen LogP) is 0.279. The molecule has 0 radical (unpaired) electrons. The summed E-state index contributed by atoms with van der Waals surface area (Å²) in [5.74, 6) is 0.692. The molecule has 0 unspecified atom stereocenters. The van der Waals surface area contributed by atoms with E-state index in [1.807, 2.05) is 0 Å². The van der Waals surface area contributed by atoms with Crippen molar-refractivity contribution >= 4 is 5.91 Å². The van der Waals surface area contributed by atoms with E-state index in [-0.39, 0.29) is 5.92 Å². The molecule has 0 aliphatic carbocycles. The van der Waals surface area contributed by atoms with E-state index in [2.05, 4.69) is 9.80 Å². The van der Waals surface area contributed by atoms with Gasteiger partial charge in [-0.2, -0.15) is 0 Å². The molecule has 2 fully saturated rings. The van der Waals surface area contributed by atoms with Crippen molar-refractivity contribution in [1.29, 1.82) is 0 Å². The molecule has 0 saturated carbocycles. The van der Waals surface area contributed by atoms with Crippen LogP contribution in [0.15, 0.2) is 0 Å². The second-order valence-electron chi connectivity index (χ2n) is 4.94. The zero-order valence-corrected chi connectivity index (χ0v) is 10.0. The summed E-state index contributed by atoms with van der Waals surface area (Å²) < 4.78 is 0. The van der Waals surface area contributed by atoms with Crippen molar-refractivity contribution in [2.75, 3.05) is 39.3 Å². The highest BCUT2D eigenvalue weighted by Crippen LogP contribution is 2.21. The van der Waals surface area contributed by atoms with Crippen LogP contribution in [0.3, 0.4) is 0 Å². The Hall–Kier alpha value is -0.610. The monoisotopic (exact) mass is 225 g/mol. The summed E-state index contributed by atoms with van der Waals surface area (Å²) >= 11 is 0. The number of nitrogens with two attached hydrogens (primary N) is 1. The van der Waals surface area contributed by atoms with Crippen LogP contribution in [0.1, 0.15) is 25.7 Å². The van der Waals surface area contributed by atoms with Crippen LogP contribution >= 0.6 is 0 Å². The molecule has 2 heterocycles. The zero-order valence-electron chi connectivity index (χ0n) is 10.0. The molecule has 4 heteroatoms. The van der Waals surface area contributed by atoms with E-state index in [0.717, 1.165) is 52.1 Å². The molecule has 2 saturated heterocycles. The maximum atomic E-state index is 12.1. The van der Waals surface area contributed by atoms with Gasteiger partial charge in [-0.15, -0.1) is 0 Å². The van der Waals surface area contributed by atoms with E-state index < -0.39 is 0 Å². The van der Waals surface area contributed by atoms with Crippen molar-refractivity contribution in [2.45, 2.75) is 25.7 Å². The van der Waals surface area contributed by atoms with Crippen molar-refractivity contribution in [3.8, 4) is 0 Å². The Labute approximate surface area is 97.8 Å². The van der Waals surface area contributed by atoms with Gasteiger partial charge in [-0.1, -0.05) is 0 Å². The first-order valence-electron chi connectivity index (χ1n) is 6.52. The molecule has 0 atom stereocenters.